The van der Waals surface area contributed by atoms with Crippen LogP contribution in [0.15, 0.2) is 29.0 Å². The van der Waals surface area contributed by atoms with Crippen molar-refractivity contribution in [2.24, 2.45) is 23.0 Å². The van der Waals surface area contributed by atoms with Gasteiger partial charge in [-0.3, -0.25) is 19.3 Å². The van der Waals surface area contributed by atoms with Gasteiger partial charge in [-0.2, -0.15) is 0 Å². The van der Waals surface area contributed by atoms with Crippen LogP contribution in [0.1, 0.15) is 43.9 Å². The highest BCUT2D eigenvalue weighted by Crippen LogP contribution is 2.52. The number of aliphatic hydroxyl groups is 3. The molecule has 4 rings (SSSR count). The first-order chi connectivity index (χ1) is 18.5. The van der Waals surface area contributed by atoms with E-state index in [0.717, 1.165) is 0 Å². The van der Waals surface area contributed by atoms with Gasteiger partial charge in [0.2, 0.25) is 5.78 Å². The van der Waals surface area contributed by atoms with Crippen LogP contribution in [-0.2, 0) is 32.1 Å². The number of ketones is 2. The lowest BCUT2D eigenvalue weighted by Crippen LogP contribution is -2.65. The Morgan fingerprint density at radius 2 is 1.82 bits per heavy atom. The monoisotopic (exact) mass is 557 g/mol. The number of nitrogens with one attached hydrogen (secondary N) is 1. The van der Waals surface area contributed by atoms with E-state index in [-0.39, 0.29) is 48.3 Å². The molecule has 1 aromatic rings. The lowest BCUT2D eigenvalue weighted by atomic mass is 9.57. The Kier molecular flexibility index (Phi) is 7.22. The molecular formula is C28H35N3O9. The van der Waals surface area contributed by atoms with E-state index in [1.54, 1.807) is 6.07 Å². The number of nitrogens with two attached hydrogens (primary N) is 1. The number of Topliss-reactive ketones (excluding diaryl/α,β-unsaturated/α-hetero) is 2. The number of primary amides is 1. The van der Waals surface area contributed by atoms with Crippen LogP contribution in [0.4, 0.5) is 4.79 Å². The molecule has 3 aliphatic carbocycles. The molecular weight excluding hydrogens is 522 g/mol. The molecule has 2 amide bonds. The summed E-state index contributed by atoms with van der Waals surface area (Å²) in [5.41, 5.74) is 2.29. The lowest BCUT2D eigenvalue weighted by molar-refractivity contribution is -0.153. The van der Waals surface area contributed by atoms with Crippen LogP contribution in [0.3, 0.4) is 0 Å². The summed E-state index contributed by atoms with van der Waals surface area (Å²) in [6.45, 7) is 5.95. The van der Waals surface area contributed by atoms with Gasteiger partial charge in [-0.15, -0.1) is 0 Å². The summed E-state index contributed by atoms with van der Waals surface area (Å²) in [6, 6.07) is 1.72. The molecule has 1 fully saturated rings. The van der Waals surface area contributed by atoms with Crippen molar-refractivity contribution in [1.29, 1.82) is 0 Å². The molecule has 0 aliphatic heterocycles. The molecule has 0 bridgehead atoms. The summed E-state index contributed by atoms with van der Waals surface area (Å²) in [4.78, 5) is 52.8. The van der Waals surface area contributed by atoms with Crippen molar-refractivity contribution in [2.45, 2.75) is 51.8 Å². The highest BCUT2D eigenvalue weighted by molar-refractivity contribution is 6.24. The van der Waals surface area contributed by atoms with Gasteiger partial charge < -0.3 is 36.2 Å². The fourth-order valence-electron chi connectivity index (χ4n) is 5.97. The second-order valence-corrected chi connectivity index (χ2v) is 12.0. The fourth-order valence-corrected chi connectivity index (χ4v) is 5.97. The molecule has 7 N–H and O–H groups in total. The third kappa shape index (κ3) is 4.60. The molecule has 12 nitrogen and oxygen atoms in total. The van der Waals surface area contributed by atoms with Gasteiger partial charge in [0.25, 0.3) is 5.91 Å². The first-order valence-corrected chi connectivity index (χ1v) is 12.9. The minimum absolute atomic E-state index is 0.00649. The van der Waals surface area contributed by atoms with Crippen molar-refractivity contribution >= 4 is 29.3 Å². The van der Waals surface area contributed by atoms with E-state index in [1.165, 1.54) is 25.1 Å². The molecule has 0 radical (unpaired) electrons. The summed E-state index contributed by atoms with van der Waals surface area (Å²) in [6.07, 6.45) is -0.549. The topological polar surface area (TPSA) is 200 Å². The Hall–Kier alpha value is -3.90. The second-order valence-electron chi connectivity index (χ2n) is 12.0. The highest BCUT2D eigenvalue weighted by Gasteiger charge is 2.64. The van der Waals surface area contributed by atoms with Crippen LogP contribution >= 0.6 is 0 Å². The number of amides is 2. The molecule has 1 aromatic carbocycles. The molecule has 3 aliphatic rings. The summed E-state index contributed by atoms with van der Waals surface area (Å²) < 4.78 is 5.24. The summed E-state index contributed by atoms with van der Waals surface area (Å²) >= 11 is 0. The first-order valence-electron chi connectivity index (χ1n) is 12.9. The minimum Gasteiger partial charge on any atom is -0.508 e. The van der Waals surface area contributed by atoms with Crippen LogP contribution < -0.4 is 11.1 Å². The van der Waals surface area contributed by atoms with Crippen LogP contribution in [0.5, 0.6) is 5.75 Å². The number of phenols is 1. The van der Waals surface area contributed by atoms with E-state index >= 15 is 0 Å². The third-order valence-electron chi connectivity index (χ3n) is 7.76. The van der Waals surface area contributed by atoms with Gasteiger partial charge in [0.05, 0.1) is 18.2 Å². The molecule has 0 heterocycles. The van der Waals surface area contributed by atoms with Crippen molar-refractivity contribution in [3.05, 3.63) is 45.7 Å². The number of phenolic OH excluding ortho intramolecular Hbond substituents is 1. The Balaban J connectivity index is 1.77. The van der Waals surface area contributed by atoms with E-state index in [4.69, 9.17) is 10.5 Å². The number of nitrogens with zero attached hydrogens (tertiary/aromatic N) is 1. The lowest BCUT2D eigenvalue weighted by Gasteiger charge is -2.50. The van der Waals surface area contributed by atoms with Crippen molar-refractivity contribution < 1.29 is 44.3 Å². The maximum absolute atomic E-state index is 13.9. The molecule has 1 saturated carbocycles. The van der Waals surface area contributed by atoms with Crippen molar-refractivity contribution in [3.8, 4) is 5.75 Å². The molecule has 0 unspecified atom stereocenters. The largest absolute Gasteiger partial charge is 0.508 e. The summed E-state index contributed by atoms with van der Waals surface area (Å²) in [5, 5.41) is 47.1. The SMILES string of the molecule is CN(C)[C@H]1C(=O)C(C(N)=O)=C(O)[C@]2(O)C(=O)C3=C(O)c4c(O)ccc(CNC(=O)OCC(C)(C)C)c4C[C@@H]3C[C@H]12. The maximum Gasteiger partial charge on any atom is 0.407 e. The Bertz CT molecular complexity index is 1370. The zero-order valence-corrected chi connectivity index (χ0v) is 23.1. The average Bonchev–Trinajstić information content (AvgIpc) is 2.83. The molecule has 12 heteroatoms. The number of alkyl carbamates (subject to hydrolysis) is 1. The fraction of sp³-hybridized carbons (Fsp3) is 0.500. The van der Waals surface area contributed by atoms with E-state index < -0.39 is 64.1 Å². The van der Waals surface area contributed by atoms with Crippen molar-refractivity contribution in [1.82, 2.24) is 10.2 Å². The van der Waals surface area contributed by atoms with E-state index in [2.05, 4.69) is 5.32 Å². The number of rotatable bonds is 5. The number of aromatic hydroxyl groups is 1. The van der Waals surface area contributed by atoms with Crippen LogP contribution in [0.25, 0.3) is 5.76 Å². The molecule has 216 valence electrons. The highest BCUT2D eigenvalue weighted by atomic mass is 16.5. The predicted octanol–water partition coefficient (Wildman–Crippen LogP) is 1.24. The molecule has 0 spiro atoms. The van der Waals surface area contributed by atoms with E-state index in [9.17, 15) is 39.6 Å². The van der Waals surface area contributed by atoms with Gasteiger partial charge in [0, 0.05) is 18.0 Å². The molecule has 4 atom stereocenters. The smallest absolute Gasteiger partial charge is 0.407 e. The van der Waals surface area contributed by atoms with Gasteiger partial charge in [-0.25, -0.2) is 4.79 Å². The maximum atomic E-state index is 13.9. The quantitative estimate of drug-likeness (QED) is 0.286. The zero-order valence-electron chi connectivity index (χ0n) is 23.1. The number of aliphatic hydroxyl groups excluding tert-OH is 2. The number of carbonyl (C=O) groups excluding carboxylic acids is 4. The van der Waals surface area contributed by atoms with Crippen molar-refractivity contribution in [2.75, 3.05) is 20.7 Å². The van der Waals surface area contributed by atoms with Gasteiger partial charge in [-0.05, 0) is 55.5 Å². The molecule has 0 aromatic heterocycles. The average molecular weight is 558 g/mol. The minimum atomic E-state index is -2.70. The standard InChI is InChI=1S/C28H35N3O9/c1-27(2,3)11-40-26(38)30-10-12-6-7-16(32)18-14(12)8-13-9-15-20(31(4)5)22(34)19(25(29)37)24(36)28(15,39)23(35)17(13)21(18)33/h6-7,13,15,20,32-33,36,39H,8-11H2,1-5H3,(H2,29,37)(H,30,38)/t13-,15-,20-,28-/m1/s1. The Morgan fingerprint density at radius 1 is 1.18 bits per heavy atom. The van der Waals surface area contributed by atoms with Gasteiger partial charge in [-0.1, -0.05) is 26.8 Å². The summed E-state index contributed by atoms with van der Waals surface area (Å²) in [7, 11) is 3.07. The Labute approximate surface area is 231 Å². The summed E-state index contributed by atoms with van der Waals surface area (Å²) in [5.74, 6) is -7.14. The number of carbonyl (C=O) groups is 4. The second kappa shape index (κ2) is 9.93. The van der Waals surface area contributed by atoms with Gasteiger partial charge in [0.15, 0.2) is 11.4 Å². The number of likely N-dealkylation sites (N-methyl/N-ethyl adjacent to an activating group) is 1. The van der Waals surface area contributed by atoms with Crippen LogP contribution in [-0.4, -0.2) is 81.2 Å². The number of hydrogen-bond donors (Lipinski definition) is 6. The number of fused-ring (bicyclic) bond motifs is 3. The van der Waals surface area contributed by atoms with Gasteiger partial charge >= 0.3 is 6.09 Å². The van der Waals surface area contributed by atoms with E-state index in [0.29, 0.717) is 11.1 Å². The van der Waals surface area contributed by atoms with Crippen LogP contribution in [0.2, 0.25) is 0 Å². The third-order valence-corrected chi connectivity index (χ3v) is 7.76. The number of benzene rings is 1. The normalized spacial score (nSPS) is 26.3. The molecule has 40 heavy (non-hydrogen) atoms. The van der Waals surface area contributed by atoms with Gasteiger partial charge in [0.1, 0.15) is 22.8 Å². The predicted molar refractivity (Wildman–Crippen MR) is 142 cm³/mol. The first kappa shape index (κ1) is 29.1. The van der Waals surface area contributed by atoms with Crippen molar-refractivity contribution in [3.63, 3.8) is 0 Å². The molecule has 0 saturated heterocycles. The Morgan fingerprint density at radius 3 is 2.40 bits per heavy atom. The van der Waals surface area contributed by atoms with Crippen LogP contribution in [0, 0.1) is 17.3 Å². The number of ether oxygens (including phenoxy) is 1. The zero-order chi connectivity index (χ0) is 29.9. The number of hydrogen-bond acceptors (Lipinski definition) is 10. The van der Waals surface area contributed by atoms with E-state index in [1.807, 2.05) is 20.8 Å².